The Bertz CT molecular complexity index is 1160. The lowest BCUT2D eigenvalue weighted by atomic mass is 10.3. The first-order chi connectivity index (χ1) is 13.1. The van der Waals surface area contributed by atoms with E-state index in [1.54, 1.807) is 36.5 Å². The Morgan fingerprint density at radius 2 is 1.96 bits per heavy atom. The lowest BCUT2D eigenvalue weighted by Crippen LogP contribution is -2.29. The highest BCUT2D eigenvalue weighted by Gasteiger charge is 2.17. The van der Waals surface area contributed by atoms with Gasteiger partial charge in [0.1, 0.15) is 18.1 Å². The van der Waals surface area contributed by atoms with Crippen LogP contribution in [-0.2, 0) is 17.9 Å². The summed E-state index contributed by atoms with van der Waals surface area (Å²) in [5.41, 5.74) is 0.618. The number of benzene rings is 1. The molecule has 7 nitrogen and oxygen atoms in total. The molecule has 4 aromatic rings. The summed E-state index contributed by atoms with van der Waals surface area (Å²) >= 11 is 0. The molecule has 0 radical (unpaired) electrons. The molecule has 0 atom stereocenters. The summed E-state index contributed by atoms with van der Waals surface area (Å²) in [5, 5.41) is 2.48. The first-order valence-corrected chi connectivity index (χ1v) is 8.24. The molecule has 4 rings (SSSR count). The Morgan fingerprint density at radius 1 is 1.11 bits per heavy atom. The fourth-order valence-corrected chi connectivity index (χ4v) is 2.90. The summed E-state index contributed by atoms with van der Waals surface area (Å²) < 4.78 is 21.8. The van der Waals surface area contributed by atoms with E-state index in [-0.39, 0.29) is 18.8 Å². The van der Waals surface area contributed by atoms with Gasteiger partial charge >= 0.3 is 5.69 Å². The Balaban J connectivity index is 1.67. The van der Waals surface area contributed by atoms with Crippen molar-refractivity contribution in [2.45, 2.75) is 13.1 Å². The van der Waals surface area contributed by atoms with E-state index in [1.165, 1.54) is 33.6 Å². The number of furan rings is 1. The van der Waals surface area contributed by atoms with Gasteiger partial charge in [-0.2, -0.15) is 0 Å². The van der Waals surface area contributed by atoms with Gasteiger partial charge in [0, 0.05) is 6.20 Å². The van der Waals surface area contributed by atoms with Crippen LogP contribution in [0.4, 0.5) is 10.1 Å². The molecule has 0 fully saturated rings. The molecule has 0 saturated carbocycles. The highest BCUT2D eigenvalue weighted by Crippen LogP contribution is 2.15. The van der Waals surface area contributed by atoms with Gasteiger partial charge < -0.3 is 9.73 Å². The zero-order valence-electron chi connectivity index (χ0n) is 14.1. The summed E-state index contributed by atoms with van der Waals surface area (Å²) in [7, 11) is 0. The number of para-hydroxylation sites is 1. The van der Waals surface area contributed by atoms with Crippen molar-refractivity contribution >= 4 is 22.8 Å². The third-order valence-corrected chi connectivity index (χ3v) is 4.12. The van der Waals surface area contributed by atoms with E-state index < -0.39 is 17.4 Å². The highest BCUT2D eigenvalue weighted by atomic mass is 19.1. The Kier molecular flexibility index (Phi) is 4.29. The molecule has 1 amide bonds. The quantitative estimate of drug-likeness (QED) is 0.589. The highest BCUT2D eigenvalue weighted by molar-refractivity contribution is 5.91. The second-order valence-corrected chi connectivity index (χ2v) is 5.91. The summed E-state index contributed by atoms with van der Waals surface area (Å²) in [5.74, 6) is -0.458. The van der Waals surface area contributed by atoms with Gasteiger partial charge in [-0.15, -0.1) is 0 Å². The van der Waals surface area contributed by atoms with Crippen LogP contribution < -0.4 is 11.0 Å². The van der Waals surface area contributed by atoms with E-state index in [0.29, 0.717) is 16.9 Å². The molecule has 27 heavy (non-hydrogen) atoms. The van der Waals surface area contributed by atoms with E-state index in [4.69, 9.17) is 4.42 Å². The number of amides is 1. The van der Waals surface area contributed by atoms with Crippen molar-refractivity contribution in [2.24, 2.45) is 0 Å². The van der Waals surface area contributed by atoms with Gasteiger partial charge in [0.15, 0.2) is 5.65 Å². The van der Waals surface area contributed by atoms with Gasteiger partial charge in [-0.3, -0.25) is 13.9 Å². The van der Waals surface area contributed by atoms with Crippen LogP contribution in [0.5, 0.6) is 0 Å². The number of hydrogen-bond donors (Lipinski definition) is 1. The molecule has 1 aromatic carbocycles. The molecule has 0 bridgehead atoms. The smallest absolute Gasteiger partial charge is 0.331 e. The first-order valence-electron chi connectivity index (χ1n) is 8.24. The molecule has 3 aromatic heterocycles. The van der Waals surface area contributed by atoms with E-state index >= 15 is 0 Å². The van der Waals surface area contributed by atoms with E-state index in [9.17, 15) is 14.0 Å². The van der Waals surface area contributed by atoms with Crippen LogP contribution in [0.1, 0.15) is 5.76 Å². The van der Waals surface area contributed by atoms with Crippen molar-refractivity contribution in [1.29, 1.82) is 0 Å². The SMILES string of the molecule is O=C(Cn1c(=O)n(Cc2ccco2)c2ncccc21)Nc1ccccc1F. The molecule has 0 unspecified atom stereocenters. The molecule has 3 heterocycles. The molecule has 136 valence electrons. The average molecular weight is 366 g/mol. The summed E-state index contributed by atoms with van der Waals surface area (Å²) in [6.07, 6.45) is 3.10. The molecule has 1 N–H and O–H groups in total. The number of halogens is 1. The normalized spacial score (nSPS) is 11.0. The number of nitrogens with one attached hydrogen (secondary N) is 1. The molecule has 0 aliphatic carbocycles. The standard InChI is InChI=1S/C19H15FN4O3/c20-14-6-1-2-7-15(14)22-17(25)12-23-16-8-3-9-21-18(16)24(19(23)26)11-13-5-4-10-27-13/h1-10H,11-12H2,(H,22,25). The molecule has 0 aliphatic rings. The Hall–Kier alpha value is -3.68. The number of carbonyl (C=O) groups excluding carboxylic acids is 1. The van der Waals surface area contributed by atoms with Crippen molar-refractivity contribution in [3.05, 3.63) is 83.1 Å². The fourth-order valence-electron chi connectivity index (χ4n) is 2.90. The topological polar surface area (TPSA) is 82.1 Å². The van der Waals surface area contributed by atoms with Crippen molar-refractivity contribution in [3.8, 4) is 0 Å². The lowest BCUT2D eigenvalue weighted by Gasteiger charge is -2.07. The number of fused-ring (bicyclic) bond motifs is 1. The zero-order valence-corrected chi connectivity index (χ0v) is 14.1. The van der Waals surface area contributed by atoms with Gasteiger partial charge in [-0.05, 0) is 36.4 Å². The van der Waals surface area contributed by atoms with Crippen molar-refractivity contribution in [3.63, 3.8) is 0 Å². The third kappa shape index (κ3) is 3.24. The van der Waals surface area contributed by atoms with Gasteiger partial charge in [-0.25, -0.2) is 14.2 Å². The molecule has 0 aliphatic heterocycles. The number of anilines is 1. The number of rotatable bonds is 5. The minimum atomic E-state index is -0.542. The maximum Gasteiger partial charge on any atom is 0.331 e. The minimum Gasteiger partial charge on any atom is -0.467 e. The Labute approximate surface area is 152 Å². The predicted molar refractivity (Wildman–Crippen MR) is 96.8 cm³/mol. The molecule has 0 spiro atoms. The van der Waals surface area contributed by atoms with Crippen LogP contribution in [0, 0.1) is 5.82 Å². The van der Waals surface area contributed by atoms with Crippen molar-refractivity contribution in [1.82, 2.24) is 14.1 Å². The second-order valence-electron chi connectivity index (χ2n) is 5.91. The number of aromatic nitrogens is 3. The number of nitrogens with zero attached hydrogens (tertiary/aromatic N) is 3. The molecule has 0 saturated heterocycles. The van der Waals surface area contributed by atoms with Crippen LogP contribution in [0.25, 0.3) is 11.2 Å². The first kappa shape index (κ1) is 16.8. The van der Waals surface area contributed by atoms with E-state index in [0.717, 1.165) is 0 Å². The van der Waals surface area contributed by atoms with E-state index in [1.807, 2.05) is 0 Å². The van der Waals surface area contributed by atoms with Crippen molar-refractivity contribution < 1.29 is 13.6 Å². The maximum atomic E-state index is 13.7. The number of imidazole rings is 1. The van der Waals surface area contributed by atoms with Crippen LogP contribution >= 0.6 is 0 Å². The van der Waals surface area contributed by atoms with E-state index in [2.05, 4.69) is 10.3 Å². The Morgan fingerprint density at radius 3 is 2.74 bits per heavy atom. The summed E-state index contributed by atoms with van der Waals surface area (Å²) in [6, 6.07) is 12.7. The second kappa shape index (κ2) is 6.91. The zero-order chi connectivity index (χ0) is 18.8. The van der Waals surface area contributed by atoms with Gasteiger partial charge in [0.25, 0.3) is 0 Å². The fraction of sp³-hybridized carbons (Fsp3) is 0.105. The van der Waals surface area contributed by atoms with Crippen LogP contribution in [0.3, 0.4) is 0 Å². The summed E-state index contributed by atoms with van der Waals surface area (Å²) in [6.45, 7) is -0.0677. The third-order valence-electron chi connectivity index (χ3n) is 4.12. The van der Waals surface area contributed by atoms with Crippen LogP contribution in [0.15, 0.2) is 70.2 Å². The van der Waals surface area contributed by atoms with Gasteiger partial charge in [-0.1, -0.05) is 12.1 Å². The minimum absolute atomic E-state index is 0.0630. The lowest BCUT2D eigenvalue weighted by molar-refractivity contribution is -0.116. The van der Waals surface area contributed by atoms with Gasteiger partial charge in [0.05, 0.1) is 24.0 Å². The number of carbonyl (C=O) groups is 1. The average Bonchev–Trinajstić information content (AvgIpc) is 3.27. The van der Waals surface area contributed by atoms with Crippen LogP contribution in [-0.4, -0.2) is 20.0 Å². The summed E-state index contributed by atoms with van der Waals surface area (Å²) in [4.78, 5) is 29.5. The molecular weight excluding hydrogens is 351 g/mol. The number of hydrogen-bond acceptors (Lipinski definition) is 4. The maximum absolute atomic E-state index is 13.7. The molecular formula is C19H15FN4O3. The van der Waals surface area contributed by atoms with Gasteiger partial charge in [0.2, 0.25) is 5.91 Å². The molecule has 8 heteroatoms. The number of pyridine rings is 1. The van der Waals surface area contributed by atoms with Crippen LogP contribution in [0.2, 0.25) is 0 Å². The predicted octanol–water partition coefficient (Wildman–Crippen LogP) is 2.62. The van der Waals surface area contributed by atoms with Crippen molar-refractivity contribution in [2.75, 3.05) is 5.32 Å². The monoisotopic (exact) mass is 366 g/mol. The largest absolute Gasteiger partial charge is 0.467 e.